The average molecular weight is 227 g/mol. The van der Waals surface area contributed by atoms with Gasteiger partial charge in [-0.2, -0.15) is 0 Å². The summed E-state index contributed by atoms with van der Waals surface area (Å²) in [5.41, 5.74) is -0.973. The predicted molar refractivity (Wildman–Crippen MR) is 61.0 cm³/mol. The lowest BCUT2D eigenvalue weighted by Gasteiger charge is -2.18. The molecule has 4 heteroatoms. The molecule has 0 aromatic carbocycles. The molecule has 2 N–H and O–H groups in total. The molecule has 0 heterocycles. The topological polar surface area (TPSA) is 66.4 Å². The quantitative estimate of drug-likeness (QED) is 0.727. The van der Waals surface area contributed by atoms with Crippen molar-refractivity contribution in [2.75, 3.05) is 0 Å². The van der Waals surface area contributed by atoms with Crippen molar-refractivity contribution in [3.05, 3.63) is 0 Å². The molecule has 0 aliphatic heterocycles. The first-order valence-electron chi connectivity index (χ1n) is 5.89. The van der Waals surface area contributed by atoms with Crippen LogP contribution in [-0.4, -0.2) is 23.0 Å². The van der Waals surface area contributed by atoms with Crippen LogP contribution in [-0.2, 0) is 9.59 Å². The van der Waals surface area contributed by atoms with E-state index in [-0.39, 0.29) is 18.4 Å². The summed E-state index contributed by atoms with van der Waals surface area (Å²) in [6, 6.07) is 0.289. The van der Waals surface area contributed by atoms with Crippen molar-refractivity contribution in [3.63, 3.8) is 0 Å². The molecule has 1 aliphatic carbocycles. The zero-order chi connectivity index (χ0) is 12.3. The van der Waals surface area contributed by atoms with Crippen LogP contribution < -0.4 is 5.32 Å². The van der Waals surface area contributed by atoms with E-state index in [4.69, 9.17) is 5.11 Å². The molecule has 4 nitrogen and oxygen atoms in total. The Morgan fingerprint density at radius 1 is 1.44 bits per heavy atom. The van der Waals surface area contributed by atoms with Gasteiger partial charge in [0, 0.05) is 12.5 Å². The van der Waals surface area contributed by atoms with Crippen molar-refractivity contribution >= 4 is 11.9 Å². The van der Waals surface area contributed by atoms with E-state index in [1.807, 2.05) is 0 Å². The molecule has 0 bridgehead atoms. The SMILES string of the molecule is CCCC1CC1NC(=O)CC(C)(C)C(=O)O. The van der Waals surface area contributed by atoms with Crippen molar-refractivity contribution in [1.29, 1.82) is 0 Å². The lowest BCUT2D eigenvalue weighted by atomic mass is 9.89. The van der Waals surface area contributed by atoms with Gasteiger partial charge in [-0.3, -0.25) is 9.59 Å². The fourth-order valence-corrected chi connectivity index (χ4v) is 1.85. The van der Waals surface area contributed by atoms with Crippen LogP contribution in [0.25, 0.3) is 0 Å². The first-order chi connectivity index (χ1) is 7.36. The van der Waals surface area contributed by atoms with Crippen LogP contribution in [0.15, 0.2) is 0 Å². The maximum absolute atomic E-state index is 11.6. The lowest BCUT2D eigenvalue weighted by Crippen LogP contribution is -2.34. The number of carbonyl (C=O) groups excluding carboxylic acids is 1. The molecule has 1 rings (SSSR count). The normalized spacial score (nSPS) is 23.9. The van der Waals surface area contributed by atoms with Crippen molar-refractivity contribution in [2.24, 2.45) is 11.3 Å². The number of rotatable bonds is 6. The van der Waals surface area contributed by atoms with Gasteiger partial charge >= 0.3 is 5.97 Å². The molecule has 0 radical (unpaired) electrons. The highest BCUT2D eigenvalue weighted by molar-refractivity contribution is 5.84. The third-order valence-electron chi connectivity index (χ3n) is 3.11. The number of carboxylic acids is 1. The first kappa shape index (κ1) is 13.0. The Balaban J connectivity index is 2.30. The maximum atomic E-state index is 11.6. The third kappa shape index (κ3) is 3.51. The van der Waals surface area contributed by atoms with E-state index in [0.717, 1.165) is 19.3 Å². The van der Waals surface area contributed by atoms with E-state index in [9.17, 15) is 9.59 Å². The van der Waals surface area contributed by atoms with Gasteiger partial charge in [0.05, 0.1) is 5.41 Å². The Labute approximate surface area is 96.4 Å². The molecular weight excluding hydrogens is 206 g/mol. The molecule has 1 saturated carbocycles. The van der Waals surface area contributed by atoms with Gasteiger partial charge in [-0.05, 0) is 32.6 Å². The molecule has 92 valence electrons. The van der Waals surface area contributed by atoms with Crippen molar-refractivity contribution in [2.45, 2.75) is 52.5 Å². The standard InChI is InChI=1S/C12H21NO3/c1-4-5-8-6-9(8)13-10(14)7-12(2,3)11(15)16/h8-9H,4-7H2,1-3H3,(H,13,14)(H,15,16). The first-order valence-corrected chi connectivity index (χ1v) is 5.89. The maximum Gasteiger partial charge on any atom is 0.309 e. The van der Waals surface area contributed by atoms with Gasteiger partial charge in [-0.15, -0.1) is 0 Å². The molecule has 1 amide bonds. The molecule has 1 fully saturated rings. The van der Waals surface area contributed by atoms with E-state index >= 15 is 0 Å². The summed E-state index contributed by atoms with van der Waals surface area (Å²) < 4.78 is 0. The number of carbonyl (C=O) groups is 2. The van der Waals surface area contributed by atoms with Gasteiger partial charge in [-0.25, -0.2) is 0 Å². The summed E-state index contributed by atoms with van der Waals surface area (Å²) in [7, 11) is 0. The largest absolute Gasteiger partial charge is 0.481 e. The second-order valence-electron chi connectivity index (χ2n) is 5.32. The highest BCUT2D eigenvalue weighted by Gasteiger charge is 2.38. The zero-order valence-electron chi connectivity index (χ0n) is 10.2. The number of nitrogens with one attached hydrogen (secondary N) is 1. The number of hydrogen-bond donors (Lipinski definition) is 2. The second-order valence-corrected chi connectivity index (χ2v) is 5.32. The third-order valence-corrected chi connectivity index (χ3v) is 3.11. The summed E-state index contributed by atoms with van der Waals surface area (Å²) in [6.07, 6.45) is 3.38. The molecule has 16 heavy (non-hydrogen) atoms. The van der Waals surface area contributed by atoms with Gasteiger partial charge < -0.3 is 10.4 Å². The van der Waals surface area contributed by atoms with Crippen molar-refractivity contribution in [1.82, 2.24) is 5.32 Å². The molecule has 1 aliphatic rings. The molecule has 0 aromatic heterocycles. The summed E-state index contributed by atoms with van der Waals surface area (Å²) >= 11 is 0. The highest BCUT2D eigenvalue weighted by atomic mass is 16.4. The van der Waals surface area contributed by atoms with E-state index in [0.29, 0.717) is 5.92 Å². The van der Waals surface area contributed by atoms with Crippen LogP contribution in [0.3, 0.4) is 0 Å². The van der Waals surface area contributed by atoms with Crippen LogP contribution in [0.5, 0.6) is 0 Å². The van der Waals surface area contributed by atoms with Gasteiger partial charge in [0.1, 0.15) is 0 Å². The highest BCUT2D eigenvalue weighted by Crippen LogP contribution is 2.34. The summed E-state index contributed by atoms with van der Waals surface area (Å²) in [5, 5.41) is 11.8. The molecule has 0 spiro atoms. The predicted octanol–water partition coefficient (Wildman–Crippen LogP) is 1.79. The molecule has 0 saturated heterocycles. The fourth-order valence-electron chi connectivity index (χ4n) is 1.85. The van der Waals surface area contributed by atoms with Gasteiger partial charge in [-0.1, -0.05) is 13.3 Å². The van der Waals surface area contributed by atoms with E-state index < -0.39 is 11.4 Å². The molecule has 2 atom stereocenters. The Morgan fingerprint density at radius 2 is 2.06 bits per heavy atom. The number of carboxylic acid groups (broad SMARTS) is 1. The van der Waals surface area contributed by atoms with Gasteiger partial charge in [0.25, 0.3) is 0 Å². The summed E-state index contributed by atoms with van der Waals surface area (Å²) in [4.78, 5) is 22.4. The van der Waals surface area contributed by atoms with Crippen LogP contribution in [0.2, 0.25) is 0 Å². The van der Waals surface area contributed by atoms with Gasteiger partial charge in [0.15, 0.2) is 0 Å². The monoisotopic (exact) mass is 227 g/mol. The summed E-state index contributed by atoms with van der Waals surface area (Å²) in [6.45, 7) is 5.28. The van der Waals surface area contributed by atoms with Crippen LogP contribution >= 0.6 is 0 Å². The van der Waals surface area contributed by atoms with Crippen LogP contribution in [0, 0.1) is 11.3 Å². The van der Waals surface area contributed by atoms with Crippen LogP contribution in [0.1, 0.15) is 46.5 Å². The Hall–Kier alpha value is -1.06. The van der Waals surface area contributed by atoms with Gasteiger partial charge in [0.2, 0.25) is 5.91 Å². The van der Waals surface area contributed by atoms with Crippen molar-refractivity contribution < 1.29 is 14.7 Å². The fraction of sp³-hybridized carbons (Fsp3) is 0.833. The summed E-state index contributed by atoms with van der Waals surface area (Å²) in [5.74, 6) is -0.457. The Kier molecular flexibility index (Phi) is 3.94. The van der Waals surface area contributed by atoms with E-state index in [1.165, 1.54) is 0 Å². The molecule has 0 aromatic rings. The Bertz CT molecular complexity index is 286. The number of aliphatic carboxylic acids is 1. The Morgan fingerprint density at radius 3 is 2.56 bits per heavy atom. The molecular formula is C12H21NO3. The van der Waals surface area contributed by atoms with E-state index in [1.54, 1.807) is 13.8 Å². The van der Waals surface area contributed by atoms with E-state index in [2.05, 4.69) is 12.2 Å². The molecule has 2 unspecified atom stereocenters. The van der Waals surface area contributed by atoms with Crippen LogP contribution in [0.4, 0.5) is 0 Å². The minimum Gasteiger partial charge on any atom is -0.481 e. The second kappa shape index (κ2) is 4.85. The van der Waals surface area contributed by atoms with Crippen molar-refractivity contribution in [3.8, 4) is 0 Å². The number of amides is 1. The minimum absolute atomic E-state index is 0.0533. The lowest BCUT2D eigenvalue weighted by molar-refractivity contribution is -0.149. The number of hydrogen-bond acceptors (Lipinski definition) is 2. The average Bonchev–Trinajstić information content (AvgIpc) is 2.82. The smallest absolute Gasteiger partial charge is 0.309 e. The minimum atomic E-state index is -0.973. The zero-order valence-corrected chi connectivity index (χ0v) is 10.2.